The van der Waals surface area contributed by atoms with E-state index in [2.05, 4.69) is 26.9 Å². The highest BCUT2D eigenvalue weighted by Gasteiger charge is 2.31. The standard InChI is InChI=1S/C30H38N8O5S/c1-4-8-24-26-27(34-38(24)25-9-6-7-12-31-25)30(39)35(3)28(33-26)23-19-22(20-32-29(23)43-21-10-17-42-18-11-21)44(40,41)37-15-13-36(5-2)14-16-37/h6-7,9,12,19-21H,4-5,8,10-11,13-18H2,1-3H3. The Morgan fingerprint density at radius 1 is 1.05 bits per heavy atom. The van der Waals surface area contributed by atoms with Gasteiger partial charge >= 0.3 is 0 Å². The summed E-state index contributed by atoms with van der Waals surface area (Å²) in [4.78, 5) is 30.0. The molecule has 0 spiro atoms. The van der Waals surface area contributed by atoms with Gasteiger partial charge in [-0.1, -0.05) is 26.3 Å². The molecule has 0 aliphatic carbocycles. The second-order valence-electron chi connectivity index (χ2n) is 11.1. The highest BCUT2D eigenvalue weighted by Crippen LogP contribution is 2.33. The predicted molar refractivity (Wildman–Crippen MR) is 164 cm³/mol. The number of aryl methyl sites for hydroxylation is 1. The van der Waals surface area contributed by atoms with Gasteiger partial charge in [0.25, 0.3) is 5.56 Å². The van der Waals surface area contributed by atoms with Gasteiger partial charge in [0.1, 0.15) is 22.3 Å². The molecule has 0 N–H and O–H groups in total. The molecule has 0 atom stereocenters. The number of likely N-dealkylation sites (N-methyl/N-ethyl adjacent to an activating group) is 1. The van der Waals surface area contributed by atoms with Gasteiger partial charge in [-0.25, -0.2) is 28.1 Å². The number of rotatable bonds is 9. The van der Waals surface area contributed by atoms with Crippen molar-refractivity contribution in [2.24, 2.45) is 7.05 Å². The van der Waals surface area contributed by atoms with Crippen molar-refractivity contribution in [2.75, 3.05) is 45.9 Å². The van der Waals surface area contributed by atoms with Gasteiger partial charge in [0.2, 0.25) is 15.9 Å². The van der Waals surface area contributed by atoms with Crippen LogP contribution in [0, 0.1) is 0 Å². The van der Waals surface area contributed by atoms with Crippen molar-refractivity contribution in [3.05, 3.63) is 52.7 Å². The lowest BCUT2D eigenvalue weighted by atomic mass is 10.1. The van der Waals surface area contributed by atoms with Crippen molar-refractivity contribution in [1.82, 2.24) is 38.5 Å². The third-order valence-electron chi connectivity index (χ3n) is 8.28. The Bertz CT molecular complexity index is 1790. The summed E-state index contributed by atoms with van der Waals surface area (Å²) in [5, 5.41) is 4.63. The van der Waals surface area contributed by atoms with Gasteiger partial charge in [-0.3, -0.25) is 9.36 Å². The smallest absolute Gasteiger partial charge is 0.281 e. The number of aromatic nitrogens is 6. The second kappa shape index (κ2) is 12.7. The Morgan fingerprint density at radius 3 is 2.50 bits per heavy atom. The van der Waals surface area contributed by atoms with Crippen molar-refractivity contribution < 1.29 is 17.9 Å². The number of sulfonamides is 1. The van der Waals surface area contributed by atoms with Crippen molar-refractivity contribution >= 4 is 21.1 Å². The van der Waals surface area contributed by atoms with Crippen LogP contribution in [0.2, 0.25) is 0 Å². The minimum Gasteiger partial charge on any atom is -0.474 e. The summed E-state index contributed by atoms with van der Waals surface area (Å²) in [7, 11) is -2.26. The lowest BCUT2D eigenvalue weighted by molar-refractivity contribution is 0.0239. The van der Waals surface area contributed by atoms with E-state index in [1.54, 1.807) is 24.0 Å². The average Bonchev–Trinajstić information content (AvgIpc) is 3.42. The van der Waals surface area contributed by atoms with Crippen LogP contribution in [0.3, 0.4) is 0 Å². The molecule has 13 nitrogen and oxygen atoms in total. The molecule has 2 saturated heterocycles. The molecule has 6 rings (SSSR count). The van der Waals surface area contributed by atoms with E-state index in [-0.39, 0.29) is 33.8 Å². The zero-order chi connectivity index (χ0) is 30.8. The van der Waals surface area contributed by atoms with Crippen LogP contribution >= 0.6 is 0 Å². The molecule has 0 bridgehead atoms. The fourth-order valence-corrected chi connectivity index (χ4v) is 7.12. The van der Waals surface area contributed by atoms with E-state index < -0.39 is 10.0 Å². The van der Waals surface area contributed by atoms with Gasteiger partial charge < -0.3 is 14.4 Å². The Balaban J connectivity index is 1.51. The molecule has 0 aromatic carbocycles. The molecule has 0 saturated carbocycles. The van der Waals surface area contributed by atoms with Crippen LogP contribution in [-0.2, 0) is 28.2 Å². The van der Waals surface area contributed by atoms with E-state index in [1.165, 1.54) is 15.1 Å². The maximum Gasteiger partial charge on any atom is 0.281 e. The van der Waals surface area contributed by atoms with E-state index in [0.717, 1.165) is 18.7 Å². The van der Waals surface area contributed by atoms with Crippen LogP contribution in [0.15, 0.2) is 46.3 Å². The van der Waals surface area contributed by atoms with Crippen LogP contribution in [-0.4, -0.2) is 99.0 Å². The lowest BCUT2D eigenvalue weighted by Crippen LogP contribution is -2.48. The minimum absolute atomic E-state index is 0.0316. The Labute approximate surface area is 256 Å². The normalized spacial score (nSPS) is 17.3. The largest absolute Gasteiger partial charge is 0.474 e. The van der Waals surface area contributed by atoms with E-state index >= 15 is 0 Å². The molecular formula is C30H38N8O5S. The molecule has 0 radical (unpaired) electrons. The number of nitrogens with zero attached hydrogens (tertiary/aromatic N) is 8. The van der Waals surface area contributed by atoms with Gasteiger partial charge in [0.05, 0.1) is 30.7 Å². The maximum absolute atomic E-state index is 13.8. The Hall–Kier alpha value is -3.72. The summed E-state index contributed by atoms with van der Waals surface area (Å²) >= 11 is 0. The molecule has 2 aliphatic rings. The number of fused-ring (bicyclic) bond motifs is 1. The zero-order valence-corrected chi connectivity index (χ0v) is 26.2. The minimum atomic E-state index is -3.86. The van der Waals surface area contributed by atoms with Gasteiger partial charge in [0, 0.05) is 52.3 Å². The number of pyridine rings is 2. The van der Waals surface area contributed by atoms with Gasteiger partial charge in [-0.15, -0.1) is 0 Å². The molecule has 6 heterocycles. The van der Waals surface area contributed by atoms with Gasteiger partial charge in [-0.2, -0.15) is 9.40 Å². The summed E-state index contributed by atoms with van der Waals surface area (Å²) in [6, 6.07) is 7.05. The highest BCUT2D eigenvalue weighted by molar-refractivity contribution is 7.89. The molecule has 0 unspecified atom stereocenters. The first kappa shape index (κ1) is 30.3. The fourth-order valence-electron chi connectivity index (χ4n) is 5.73. The van der Waals surface area contributed by atoms with E-state index in [9.17, 15) is 13.2 Å². The van der Waals surface area contributed by atoms with Gasteiger partial charge in [-0.05, 0) is 31.2 Å². The third-order valence-corrected chi connectivity index (χ3v) is 10.1. The third kappa shape index (κ3) is 5.74. The molecule has 2 fully saturated rings. The zero-order valence-electron chi connectivity index (χ0n) is 25.3. The van der Waals surface area contributed by atoms with Crippen molar-refractivity contribution in [3.63, 3.8) is 0 Å². The first-order valence-corrected chi connectivity index (χ1v) is 16.6. The molecule has 44 heavy (non-hydrogen) atoms. The summed E-state index contributed by atoms with van der Waals surface area (Å²) in [6.45, 7) is 8.21. The van der Waals surface area contributed by atoms with Crippen LogP contribution in [0.1, 0.15) is 38.8 Å². The quantitative estimate of drug-likeness (QED) is 0.274. The van der Waals surface area contributed by atoms with Crippen LogP contribution in [0.25, 0.3) is 28.2 Å². The van der Waals surface area contributed by atoms with Crippen molar-refractivity contribution in [1.29, 1.82) is 0 Å². The first-order chi connectivity index (χ1) is 21.3. The summed E-state index contributed by atoms with van der Waals surface area (Å²) in [6.07, 6.45) is 5.60. The monoisotopic (exact) mass is 622 g/mol. The van der Waals surface area contributed by atoms with Crippen LogP contribution < -0.4 is 10.3 Å². The topological polar surface area (TPSA) is 138 Å². The maximum atomic E-state index is 13.8. The highest BCUT2D eigenvalue weighted by atomic mass is 32.2. The van der Waals surface area contributed by atoms with Crippen molar-refractivity contribution in [3.8, 4) is 23.1 Å². The predicted octanol–water partition coefficient (Wildman–Crippen LogP) is 2.41. The second-order valence-corrected chi connectivity index (χ2v) is 13.0. The van der Waals surface area contributed by atoms with E-state index in [1.807, 2.05) is 25.1 Å². The van der Waals surface area contributed by atoms with Crippen molar-refractivity contribution in [2.45, 2.75) is 50.5 Å². The molecule has 4 aromatic heterocycles. The van der Waals surface area contributed by atoms with Crippen LogP contribution in [0.5, 0.6) is 5.88 Å². The Morgan fingerprint density at radius 2 is 1.82 bits per heavy atom. The fraction of sp³-hybridized carbons (Fsp3) is 0.500. The molecule has 234 valence electrons. The molecule has 4 aromatic rings. The average molecular weight is 623 g/mol. The summed E-state index contributed by atoms with van der Waals surface area (Å²) in [5.74, 6) is 1.06. The van der Waals surface area contributed by atoms with Crippen LogP contribution in [0.4, 0.5) is 0 Å². The number of ether oxygens (including phenoxy) is 2. The molecule has 0 amide bonds. The molecule has 14 heteroatoms. The summed E-state index contributed by atoms with van der Waals surface area (Å²) < 4.78 is 44.1. The SMILES string of the molecule is CCCc1c2nc(-c3cc(S(=O)(=O)N4CCN(CC)CC4)cnc3OC3CCOCC3)n(C)c(=O)c2nn1-c1ccccn1. The number of piperazine rings is 1. The number of hydrogen-bond acceptors (Lipinski definition) is 10. The lowest BCUT2D eigenvalue weighted by Gasteiger charge is -2.33. The van der Waals surface area contributed by atoms with E-state index in [0.29, 0.717) is 75.6 Å². The Kier molecular flexibility index (Phi) is 8.76. The molecular weight excluding hydrogens is 584 g/mol. The van der Waals surface area contributed by atoms with Gasteiger partial charge in [0.15, 0.2) is 11.3 Å². The first-order valence-electron chi connectivity index (χ1n) is 15.2. The summed E-state index contributed by atoms with van der Waals surface area (Å²) in [5.41, 5.74) is 1.37. The molecule has 2 aliphatic heterocycles. The van der Waals surface area contributed by atoms with E-state index in [4.69, 9.17) is 14.5 Å². The number of hydrogen-bond donors (Lipinski definition) is 0.